The summed E-state index contributed by atoms with van der Waals surface area (Å²) in [5.41, 5.74) is 4.31. The van der Waals surface area contributed by atoms with Crippen LogP contribution in [0.1, 0.15) is 19.4 Å². The van der Waals surface area contributed by atoms with Crippen LogP contribution in [-0.2, 0) is 11.3 Å². The van der Waals surface area contributed by atoms with Crippen molar-refractivity contribution < 1.29 is 4.74 Å². The van der Waals surface area contributed by atoms with E-state index in [-0.39, 0.29) is 6.10 Å². The molecule has 1 aromatic heterocycles. The Bertz CT molecular complexity index is 437. The molecule has 0 unspecified atom stereocenters. The largest absolute Gasteiger partial charge is 0.374 e. The van der Waals surface area contributed by atoms with Gasteiger partial charge in [-0.1, -0.05) is 24.3 Å². The lowest BCUT2D eigenvalue weighted by Crippen LogP contribution is -2.02. The third-order valence-electron chi connectivity index (χ3n) is 2.29. The normalized spacial score (nSPS) is 10.9. The molecular weight excluding hydrogens is 218 g/mol. The molecule has 16 heavy (non-hydrogen) atoms. The van der Waals surface area contributed by atoms with E-state index in [1.54, 1.807) is 11.3 Å². The molecule has 0 radical (unpaired) electrons. The van der Waals surface area contributed by atoms with E-state index in [1.807, 2.05) is 23.8 Å². The molecule has 2 aromatic rings. The van der Waals surface area contributed by atoms with E-state index in [1.165, 1.54) is 16.0 Å². The van der Waals surface area contributed by atoms with Crippen molar-refractivity contribution in [2.24, 2.45) is 0 Å². The minimum Gasteiger partial charge on any atom is -0.374 e. The first-order valence-corrected chi connectivity index (χ1v) is 6.23. The molecule has 0 bridgehead atoms. The van der Waals surface area contributed by atoms with Crippen molar-refractivity contribution in [3.05, 3.63) is 41.5 Å². The molecule has 84 valence electrons. The number of hydrogen-bond donors (Lipinski definition) is 0. The Labute approximate surface area is 99.9 Å². The smallest absolute Gasteiger partial charge is 0.0797 e. The van der Waals surface area contributed by atoms with Crippen LogP contribution < -0.4 is 0 Å². The van der Waals surface area contributed by atoms with Gasteiger partial charge in [0.1, 0.15) is 0 Å². The molecule has 3 heteroatoms. The van der Waals surface area contributed by atoms with E-state index in [2.05, 4.69) is 31.0 Å². The van der Waals surface area contributed by atoms with Crippen LogP contribution in [0, 0.1) is 0 Å². The van der Waals surface area contributed by atoms with Crippen LogP contribution in [0.2, 0.25) is 0 Å². The van der Waals surface area contributed by atoms with Crippen LogP contribution in [0.4, 0.5) is 0 Å². The molecule has 0 aliphatic carbocycles. The third kappa shape index (κ3) is 2.68. The zero-order valence-corrected chi connectivity index (χ0v) is 10.3. The van der Waals surface area contributed by atoms with Gasteiger partial charge in [0.05, 0.1) is 23.1 Å². The van der Waals surface area contributed by atoms with Gasteiger partial charge in [0, 0.05) is 6.20 Å². The van der Waals surface area contributed by atoms with Crippen molar-refractivity contribution in [2.75, 3.05) is 0 Å². The highest BCUT2D eigenvalue weighted by Crippen LogP contribution is 2.27. The van der Waals surface area contributed by atoms with E-state index in [4.69, 9.17) is 4.74 Å². The number of ether oxygens (including phenoxy) is 1. The molecule has 0 saturated heterocycles. The maximum atomic E-state index is 5.65. The summed E-state index contributed by atoms with van der Waals surface area (Å²) in [7, 11) is 0. The zero-order chi connectivity index (χ0) is 11.4. The maximum absolute atomic E-state index is 5.65. The minimum atomic E-state index is 0.259. The predicted octanol–water partition coefficient (Wildman–Crippen LogP) is 3.74. The van der Waals surface area contributed by atoms with Crippen LogP contribution in [0.3, 0.4) is 0 Å². The van der Waals surface area contributed by atoms with Crippen LogP contribution >= 0.6 is 11.3 Å². The summed E-state index contributed by atoms with van der Waals surface area (Å²) in [5, 5.41) is 0. The van der Waals surface area contributed by atoms with Crippen molar-refractivity contribution >= 4 is 11.3 Å². The van der Waals surface area contributed by atoms with Gasteiger partial charge in [-0.25, -0.2) is 0 Å². The van der Waals surface area contributed by atoms with Crippen molar-refractivity contribution in [1.82, 2.24) is 4.98 Å². The molecule has 2 rings (SSSR count). The first-order chi connectivity index (χ1) is 7.77. The highest BCUT2D eigenvalue weighted by atomic mass is 32.1. The molecule has 0 aliphatic heterocycles. The van der Waals surface area contributed by atoms with Gasteiger partial charge in [-0.3, -0.25) is 4.98 Å². The standard InChI is InChI=1S/C13H15NOS/c1-10(2)15-8-11-5-3-4-6-12(11)13-7-14-9-16-13/h3-7,9-10H,8H2,1-2H3. The SMILES string of the molecule is CC(C)OCc1ccccc1-c1cncs1. The Morgan fingerprint density at radius 2 is 2.12 bits per heavy atom. The van der Waals surface area contributed by atoms with Gasteiger partial charge in [-0.05, 0) is 25.0 Å². The van der Waals surface area contributed by atoms with E-state index in [0.717, 1.165) is 0 Å². The van der Waals surface area contributed by atoms with E-state index in [0.29, 0.717) is 6.61 Å². The van der Waals surface area contributed by atoms with Crippen molar-refractivity contribution in [2.45, 2.75) is 26.6 Å². The lowest BCUT2D eigenvalue weighted by Gasteiger charge is -2.10. The molecule has 0 atom stereocenters. The summed E-state index contributed by atoms with van der Waals surface area (Å²) in [6.07, 6.45) is 2.16. The predicted molar refractivity (Wildman–Crippen MR) is 67.5 cm³/mol. The summed E-state index contributed by atoms with van der Waals surface area (Å²) in [6, 6.07) is 8.32. The summed E-state index contributed by atoms with van der Waals surface area (Å²) in [5.74, 6) is 0. The zero-order valence-electron chi connectivity index (χ0n) is 9.51. The Morgan fingerprint density at radius 3 is 2.81 bits per heavy atom. The molecule has 0 amide bonds. The number of rotatable bonds is 4. The van der Waals surface area contributed by atoms with Crippen molar-refractivity contribution in [1.29, 1.82) is 0 Å². The third-order valence-corrected chi connectivity index (χ3v) is 3.09. The van der Waals surface area contributed by atoms with E-state index < -0.39 is 0 Å². The second kappa shape index (κ2) is 5.23. The first kappa shape index (κ1) is 11.3. The van der Waals surface area contributed by atoms with Crippen LogP contribution in [0.5, 0.6) is 0 Å². The Kier molecular flexibility index (Phi) is 3.70. The molecule has 2 nitrogen and oxygen atoms in total. The van der Waals surface area contributed by atoms with Gasteiger partial charge >= 0.3 is 0 Å². The van der Waals surface area contributed by atoms with Crippen molar-refractivity contribution in [3.63, 3.8) is 0 Å². The van der Waals surface area contributed by atoms with Gasteiger partial charge in [0.2, 0.25) is 0 Å². The summed E-state index contributed by atoms with van der Waals surface area (Å²) in [6.45, 7) is 4.76. The monoisotopic (exact) mass is 233 g/mol. The highest BCUT2D eigenvalue weighted by Gasteiger charge is 2.06. The van der Waals surface area contributed by atoms with E-state index in [9.17, 15) is 0 Å². The van der Waals surface area contributed by atoms with E-state index >= 15 is 0 Å². The maximum Gasteiger partial charge on any atom is 0.0797 e. The summed E-state index contributed by atoms with van der Waals surface area (Å²) < 4.78 is 5.65. The lowest BCUT2D eigenvalue weighted by molar-refractivity contribution is 0.0660. The van der Waals surface area contributed by atoms with Crippen LogP contribution in [0.25, 0.3) is 10.4 Å². The molecule has 1 aromatic carbocycles. The second-order valence-corrected chi connectivity index (χ2v) is 4.77. The number of benzene rings is 1. The lowest BCUT2D eigenvalue weighted by atomic mass is 10.1. The fraction of sp³-hybridized carbons (Fsp3) is 0.308. The Balaban J connectivity index is 2.24. The summed E-state index contributed by atoms with van der Waals surface area (Å²) in [4.78, 5) is 5.31. The van der Waals surface area contributed by atoms with Gasteiger partial charge in [-0.15, -0.1) is 11.3 Å². The second-order valence-electron chi connectivity index (χ2n) is 3.88. The van der Waals surface area contributed by atoms with Crippen molar-refractivity contribution in [3.8, 4) is 10.4 Å². The van der Waals surface area contributed by atoms with Gasteiger partial charge < -0.3 is 4.74 Å². The first-order valence-electron chi connectivity index (χ1n) is 5.35. The van der Waals surface area contributed by atoms with Crippen LogP contribution in [0.15, 0.2) is 36.0 Å². The fourth-order valence-electron chi connectivity index (χ4n) is 1.49. The molecular formula is C13H15NOS. The Morgan fingerprint density at radius 1 is 1.31 bits per heavy atom. The highest BCUT2D eigenvalue weighted by molar-refractivity contribution is 7.13. The van der Waals surface area contributed by atoms with Gasteiger partial charge in [0.15, 0.2) is 0 Å². The summed E-state index contributed by atoms with van der Waals surface area (Å²) >= 11 is 1.66. The number of thiazole rings is 1. The molecule has 0 N–H and O–H groups in total. The number of aromatic nitrogens is 1. The molecule has 0 fully saturated rings. The minimum absolute atomic E-state index is 0.259. The molecule has 0 spiro atoms. The molecule has 0 aliphatic rings. The van der Waals surface area contributed by atoms with Gasteiger partial charge in [-0.2, -0.15) is 0 Å². The number of hydrogen-bond acceptors (Lipinski definition) is 3. The Hall–Kier alpha value is -1.19. The molecule has 1 heterocycles. The number of nitrogens with zero attached hydrogens (tertiary/aromatic N) is 1. The quantitative estimate of drug-likeness (QED) is 0.802. The van der Waals surface area contributed by atoms with Gasteiger partial charge in [0.25, 0.3) is 0 Å². The molecule has 0 saturated carbocycles. The fourth-order valence-corrected chi connectivity index (χ4v) is 2.17. The average molecular weight is 233 g/mol. The topological polar surface area (TPSA) is 22.1 Å². The van der Waals surface area contributed by atoms with Crippen LogP contribution in [-0.4, -0.2) is 11.1 Å². The average Bonchev–Trinajstić information content (AvgIpc) is 2.80.